The molecule has 0 aromatic heterocycles. The van der Waals surface area contributed by atoms with Gasteiger partial charge in [0, 0.05) is 6.21 Å². The molecule has 0 bridgehead atoms. The van der Waals surface area contributed by atoms with Crippen LogP contribution in [-0.2, 0) is 6.18 Å². The molecule has 0 aliphatic carbocycles. The fraction of sp³-hybridized carbons (Fsp3) is 0.125. The van der Waals surface area contributed by atoms with E-state index < -0.39 is 11.7 Å². The van der Waals surface area contributed by atoms with Crippen molar-refractivity contribution in [1.29, 1.82) is 0 Å². The van der Waals surface area contributed by atoms with E-state index in [0.717, 1.165) is 18.3 Å². The van der Waals surface area contributed by atoms with Gasteiger partial charge in [0.25, 0.3) is 0 Å². The Labute approximate surface area is 72.3 Å². The van der Waals surface area contributed by atoms with Gasteiger partial charge in [0.15, 0.2) is 0 Å². The molecular weight excluding hydrogens is 183 g/mol. The Hall–Kier alpha value is -1.52. The summed E-state index contributed by atoms with van der Waals surface area (Å²) in [6.45, 7) is 0. The van der Waals surface area contributed by atoms with Crippen molar-refractivity contribution in [3.8, 4) is 0 Å². The summed E-state index contributed by atoms with van der Waals surface area (Å²) in [6.07, 6.45) is -3.40. The molecule has 0 aliphatic heterocycles. The lowest BCUT2D eigenvalue weighted by molar-refractivity contribution is -0.137. The van der Waals surface area contributed by atoms with E-state index in [2.05, 4.69) is 5.16 Å². The summed E-state index contributed by atoms with van der Waals surface area (Å²) in [5.74, 6) is 0. The smallest absolute Gasteiger partial charge is 0.416 e. The summed E-state index contributed by atoms with van der Waals surface area (Å²) in [4.78, 5) is 0. The van der Waals surface area contributed by atoms with Crippen molar-refractivity contribution in [2.75, 3.05) is 0 Å². The number of nitrogens with zero attached hydrogens (tertiary/aromatic N) is 1. The highest BCUT2D eigenvalue weighted by molar-refractivity contribution is 5.79. The van der Waals surface area contributed by atoms with Gasteiger partial charge in [0.1, 0.15) is 0 Å². The lowest BCUT2D eigenvalue weighted by Gasteiger charge is -2.05. The fourth-order valence-corrected chi connectivity index (χ4v) is 0.819. The van der Waals surface area contributed by atoms with Gasteiger partial charge >= 0.3 is 6.18 Å². The van der Waals surface area contributed by atoms with Crippen molar-refractivity contribution in [3.63, 3.8) is 0 Å². The van der Waals surface area contributed by atoms with Gasteiger partial charge in [0.2, 0.25) is 0 Å². The average molecular weight is 188 g/mol. The van der Waals surface area contributed by atoms with Crippen molar-refractivity contribution < 1.29 is 13.2 Å². The molecule has 5 heteroatoms. The Morgan fingerprint density at radius 3 is 2.08 bits per heavy atom. The molecule has 2 nitrogen and oxygen atoms in total. The first-order valence-corrected chi connectivity index (χ1v) is 3.37. The highest BCUT2D eigenvalue weighted by atomic mass is 19.4. The molecule has 0 N–H and O–H groups in total. The van der Waals surface area contributed by atoms with Crippen LogP contribution in [0, 0.1) is 5.21 Å². The van der Waals surface area contributed by atoms with E-state index in [9.17, 15) is 18.4 Å². The summed E-state index contributed by atoms with van der Waals surface area (Å²) in [7, 11) is 0. The third-order valence-electron chi connectivity index (χ3n) is 1.44. The zero-order chi connectivity index (χ0) is 9.90. The van der Waals surface area contributed by atoms with E-state index >= 15 is 0 Å². The summed E-state index contributed by atoms with van der Waals surface area (Å²) < 4.78 is 36.0. The van der Waals surface area contributed by atoms with Crippen molar-refractivity contribution in [1.82, 2.24) is 0 Å². The molecule has 0 radical (unpaired) electrons. The van der Waals surface area contributed by atoms with Crippen LogP contribution in [0.5, 0.6) is 0 Å². The SMILES string of the molecule is [O-]N=Cc1ccc(C(F)(F)F)cc1. The van der Waals surface area contributed by atoms with E-state index in [0.29, 0.717) is 5.56 Å². The molecule has 0 saturated heterocycles. The normalized spacial score (nSPS) is 12.2. The molecule has 0 spiro atoms. The molecule has 70 valence electrons. The lowest BCUT2D eigenvalue weighted by atomic mass is 10.1. The molecule has 1 aromatic rings. The lowest BCUT2D eigenvalue weighted by Crippen LogP contribution is -2.04. The molecule has 0 aliphatic rings. The molecule has 13 heavy (non-hydrogen) atoms. The quantitative estimate of drug-likeness (QED) is 0.492. The van der Waals surface area contributed by atoms with E-state index in [-0.39, 0.29) is 0 Å². The molecular formula is C8H5F3NO-. The van der Waals surface area contributed by atoms with E-state index in [1.807, 2.05) is 0 Å². The van der Waals surface area contributed by atoms with Crippen LogP contribution in [0.2, 0.25) is 0 Å². The van der Waals surface area contributed by atoms with Crippen LogP contribution in [0.1, 0.15) is 11.1 Å². The minimum absolute atomic E-state index is 0.350. The van der Waals surface area contributed by atoms with Crippen molar-refractivity contribution >= 4 is 6.21 Å². The first-order valence-electron chi connectivity index (χ1n) is 3.37. The molecule has 0 amide bonds. The largest absolute Gasteiger partial charge is 0.792 e. The van der Waals surface area contributed by atoms with E-state index in [1.54, 1.807) is 0 Å². The van der Waals surface area contributed by atoms with Crippen LogP contribution in [0.4, 0.5) is 13.2 Å². The van der Waals surface area contributed by atoms with Crippen molar-refractivity contribution in [2.45, 2.75) is 6.18 Å². The topological polar surface area (TPSA) is 35.4 Å². The Morgan fingerprint density at radius 2 is 1.69 bits per heavy atom. The van der Waals surface area contributed by atoms with E-state index in [4.69, 9.17) is 0 Å². The number of benzene rings is 1. The van der Waals surface area contributed by atoms with Gasteiger partial charge in [-0.25, -0.2) is 0 Å². The standard InChI is InChI=1S/C8H6F3NO/c9-8(10,11)7-3-1-6(2-4-7)5-12-13/h1-5,13H/p-1. The Morgan fingerprint density at radius 1 is 1.15 bits per heavy atom. The number of halogens is 3. The first kappa shape index (κ1) is 9.57. The first-order chi connectivity index (χ1) is 6.04. The summed E-state index contributed by atoms with van der Waals surface area (Å²) >= 11 is 0. The van der Waals surface area contributed by atoms with Gasteiger partial charge in [-0.15, -0.1) is 0 Å². The monoisotopic (exact) mass is 188 g/mol. The summed E-state index contributed by atoms with van der Waals surface area (Å²) in [5.41, 5.74) is -0.390. The minimum atomic E-state index is -4.34. The van der Waals surface area contributed by atoms with E-state index in [1.165, 1.54) is 12.1 Å². The number of rotatable bonds is 1. The van der Waals surface area contributed by atoms with Gasteiger partial charge in [-0.05, 0) is 17.7 Å². The highest BCUT2D eigenvalue weighted by Crippen LogP contribution is 2.28. The highest BCUT2D eigenvalue weighted by Gasteiger charge is 2.29. The summed E-state index contributed by atoms with van der Waals surface area (Å²) in [6, 6.07) is 4.17. The second-order valence-corrected chi connectivity index (χ2v) is 2.35. The summed E-state index contributed by atoms with van der Waals surface area (Å²) in [5, 5.41) is 12.2. The third kappa shape index (κ3) is 2.47. The molecule has 0 atom stereocenters. The molecule has 0 saturated carbocycles. The Bertz CT molecular complexity index is 302. The number of hydrogen-bond acceptors (Lipinski definition) is 2. The van der Waals surface area contributed by atoms with Gasteiger partial charge in [-0.3, -0.25) is 0 Å². The van der Waals surface area contributed by atoms with Crippen LogP contribution in [0.25, 0.3) is 0 Å². The predicted molar refractivity (Wildman–Crippen MR) is 42.4 cm³/mol. The van der Waals surface area contributed by atoms with Crippen LogP contribution < -0.4 is 0 Å². The van der Waals surface area contributed by atoms with Gasteiger partial charge in [0.05, 0.1) is 5.56 Å². The predicted octanol–water partition coefficient (Wildman–Crippen LogP) is 2.62. The maximum atomic E-state index is 12.0. The van der Waals surface area contributed by atoms with Crippen LogP contribution in [-0.4, -0.2) is 6.21 Å². The van der Waals surface area contributed by atoms with Crippen LogP contribution in [0.3, 0.4) is 0 Å². The molecule has 1 aromatic carbocycles. The average Bonchev–Trinajstić information content (AvgIpc) is 2.04. The maximum absolute atomic E-state index is 12.0. The third-order valence-corrected chi connectivity index (χ3v) is 1.44. The molecule has 0 heterocycles. The number of hydrogen-bond donors (Lipinski definition) is 0. The zero-order valence-electron chi connectivity index (χ0n) is 6.38. The van der Waals surface area contributed by atoms with Crippen LogP contribution >= 0.6 is 0 Å². The van der Waals surface area contributed by atoms with Crippen molar-refractivity contribution in [2.24, 2.45) is 5.16 Å². The number of alkyl halides is 3. The zero-order valence-corrected chi connectivity index (χ0v) is 6.38. The van der Waals surface area contributed by atoms with Crippen LogP contribution in [0.15, 0.2) is 29.4 Å². The maximum Gasteiger partial charge on any atom is 0.416 e. The van der Waals surface area contributed by atoms with Gasteiger partial charge in [-0.2, -0.15) is 13.2 Å². The Kier molecular flexibility index (Phi) is 2.55. The van der Waals surface area contributed by atoms with Crippen molar-refractivity contribution in [3.05, 3.63) is 40.6 Å². The Balaban J connectivity index is 2.94. The fourth-order valence-electron chi connectivity index (χ4n) is 0.819. The second-order valence-electron chi connectivity index (χ2n) is 2.35. The minimum Gasteiger partial charge on any atom is -0.792 e. The molecule has 1 rings (SSSR count). The second kappa shape index (κ2) is 3.47. The van der Waals surface area contributed by atoms with Gasteiger partial charge in [-0.1, -0.05) is 12.1 Å². The van der Waals surface area contributed by atoms with Gasteiger partial charge < -0.3 is 10.4 Å². The molecule has 0 fully saturated rings. The molecule has 0 unspecified atom stereocenters.